The number of rotatable bonds is 7. The number of halogens is 2. The van der Waals surface area contributed by atoms with E-state index in [1.165, 1.54) is 12.3 Å². The average molecular weight is 444 g/mol. The molecule has 8 nitrogen and oxygen atoms in total. The fourth-order valence-electron chi connectivity index (χ4n) is 4.36. The Bertz CT molecular complexity index is 1120. The number of carbonyl (C=O) groups is 1. The summed E-state index contributed by atoms with van der Waals surface area (Å²) in [5, 5.41) is 8.06. The number of amides is 1. The number of hydrogen-bond acceptors (Lipinski definition) is 6. The number of piperidine rings is 1. The van der Waals surface area contributed by atoms with Crippen LogP contribution in [0.4, 0.5) is 8.78 Å². The maximum Gasteiger partial charge on any atom is 0.280 e. The Hall–Kier alpha value is -2.91. The van der Waals surface area contributed by atoms with Crippen molar-refractivity contribution in [1.29, 1.82) is 0 Å². The molecular formula is C22H26F2N6O2. The molecule has 1 aliphatic heterocycles. The molecule has 0 N–H and O–H groups in total. The maximum absolute atomic E-state index is 13.6. The lowest BCUT2D eigenvalue weighted by Gasteiger charge is -2.31. The van der Waals surface area contributed by atoms with Gasteiger partial charge in [-0.25, -0.2) is 18.3 Å². The highest BCUT2D eigenvalue weighted by Gasteiger charge is 2.31. The summed E-state index contributed by atoms with van der Waals surface area (Å²) in [7, 11) is 0. The molecule has 32 heavy (non-hydrogen) atoms. The van der Waals surface area contributed by atoms with E-state index >= 15 is 0 Å². The van der Waals surface area contributed by atoms with E-state index in [0.717, 1.165) is 48.9 Å². The lowest BCUT2D eigenvalue weighted by atomic mass is 9.93. The number of nitrogens with zero attached hydrogens (tertiary/aromatic N) is 6. The normalized spacial score (nSPS) is 17.6. The molecule has 0 bridgehead atoms. The van der Waals surface area contributed by atoms with Gasteiger partial charge in [-0.3, -0.25) is 4.79 Å². The van der Waals surface area contributed by atoms with Crippen molar-refractivity contribution in [3.05, 3.63) is 40.9 Å². The largest absolute Gasteiger partial charge is 0.339 e. The van der Waals surface area contributed by atoms with Gasteiger partial charge in [0.05, 0.1) is 6.20 Å². The second-order valence-electron chi connectivity index (χ2n) is 8.77. The Kier molecular flexibility index (Phi) is 5.60. The van der Waals surface area contributed by atoms with Crippen LogP contribution in [0, 0.1) is 5.92 Å². The van der Waals surface area contributed by atoms with Crippen molar-refractivity contribution in [3.63, 3.8) is 0 Å². The molecule has 5 rings (SSSR count). The number of aryl methyl sites for hydroxylation is 1. The van der Waals surface area contributed by atoms with Crippen LogP contribution < -0.4 is 0 Å². The second-order valence-corrected chi connectivity index (χ2v) is 8.77. The number of alkyl halides is 2. The Labute approximate surface area is 184 Å². The molecule has 1 saturated heterocycles. The highest BCUT2D eigenvalue weighted by molar-refractivity contribution is 5.99. The maximum atomic E-state index is 13.6. The summed E-state index contributed by atoms with van der Waals surface area (Å²) in [5.74, 6) is 1.75. The predicted molar refractivity (Wildman–Crippen MR) is 111 cm³/mol. The van der Waals surface area contributed by atoms with Crippen molar-refractivity contribution in [3.8, 4) is 0 Å². The SMILES string of the molecule is CCCc1noc(CC2CCN(C(=O)c3cnn4c(C(F)F)cc(C5CC5)nc34)CC2)n1. The van der Waals surface area contributed by atoms with Crippen LogP contribution >= 0.6 is 0 Å². The first-order valence-corrected chi connectivity index (χ1v) is 11.3. The van der Waals surface area contributed by atoms with Gasteiger partial charge in [-0.05, 0) is 44.1 Å². The third-order valence-corrected chi connectivity index (χ3v) is 6.32. The van der Waals surface area contributed by atoms with Crippen LogP contribution in [0.25, 0.3) is 5.65 Å². The number of carbonyl (C=O) groups excluding carboxylic acids is 1. The van der Waals surface area contributed by atoms with E-state index in [4.69, 9.17) is 4.52 Å². The van der Waals surface area contributed by atoms with Gasteiger partial charge in [0, 0.05) is 37.5 Å². The molecule has 2 fully saturated rings. The van der Waals surface area contributed by atoms with Crippen LogP contribution in [-0.4, -0.2) is 48.6 Å². The summed E-state index contributed by atoms with van der Waals surface area (Å²) in [5.41, 5.74) is 0.930. The summed E-state index contributed by atoms with van der Waals surface area (Å²) >= 11 is 0. The van der Waals surface area contributed by atoms with Crippen molar-refractivity contribution in [2.45, 2.75) is 64.2 Å². The van der Waals surface area contributed by atoms with Gasteiger partial charge in [-0.2, -0.15) is 10.1 Å². The first kappa shape index (κ1) is 21.0. The molecule has 4 heterocycles. The second kappa shape index (κ2) is 8.55. The van der Waals surface area contributed by atoms with E-state index < -0.39 is 6.43 Å². The van der Waals surface area contributed by atoms with Gasteiger partial charge in [0.1, 0.15) is 11.3 Å². The van der Waals surface area contributed by atoms with Crippen molar-refractivity contribution in [2.24, 2.45) is 5.92 Å². The van der Waals surface area contributed by atoms with E-state index in [1.807, 2.05) is 0 Å². The van der Waals surface area contributed by atoms with E-state index in [2.05, 4.69) is 27.1 Å². The Balaban J connectivity index is 1.29. The van der Waals surface area contributed by atoms with Crippen LogP contribution in [0.5, 0.6) is 0 Å². The van der Waals surface area contributed by atoms with Gasteiger partial charge in [-0.1, -0.05) is 12.1 Å². The van der Waals surface area contributed by atoms with Gasteiger partial charge < -0.3 is 9.42 Å². The Morgan fingerprint density at radius 2 is 2.00 bits per heavy atom. The molecule has 0 aromatic carbocycles. The van der Waals surface area contributed by atoms with Crippen LogP contribution in [0.15, 0.2) is 16.8 Å². The molecule has 1 aliphatic carbocycles. The van der Waals surface area contributed by atoms with Gasteiger partial charge in [-0.15, -0.1) is 0 Å². The first-order valence-electron chi connectivity index (χ1n) is 11.3. The highest BCUT2D eigenvalue weighted by atomic mass is 19.3. The van der Waals surface area contributed by atoms with Gasteiger partial charge >= 0.3 is 0 Å². The minimum atomic E-state index is -2.68. The number of likely N-dealkylation sites (tertiary alicyclic amines) is 1. The zero-order valence-electron chi connectivity index (χ0n) is 18.0. The molecule has 0 spiro atoms. The molecule has 1 amide bonds. The van der Waals surface area contributed by atoms with E-state index in [0.29, 0.717) is 37.0 Å². The van der Waals surface area contributed by atoms with E-state index in [-0.39, 0.29) is 28.7 Å². The summed E-state index contributed by atoms with van der Waals surface area (Å²) in [4.78, 5) is 23.9. The molecule has 0 unspecified atom stereocenters. The molecule has 3 aromatic heterocycles. The molecule has 1 saturated carbocycles. The summed E-state index contributed by atoms with van der Waals surface area (Å²) in [6.45, 7) is 3.24. The molecule has 0 atom stereocenters. The lowest BCUT2D eigenvalue weighted by molar-refractivity contribution is 0.0689. The Morgan fingerprint density at radius 3 is 2.69 bits per heavy atom. The predicted octanol–water partition coefficient (Wildman–Crippen LogP) is 3.97. The molecule has 2 aliphatic rings. The number of fused-ring (bicyclic) bond motifs is 1. The van der Waals surface area contributed by atoms with Gasteiger partial charge in [0.15, 0.2) is 11.5 Å². The molecule has 0 radical (unpaired) electrons. The third-order valence-electron chi connectivity index (χ3n) is 6.32. The van der Waals surface area contributed by atoms with Crippen molar-refractivity contribution in [2.75, 3.05) is 13.1 Å². The molecule has 10 heteroatoms. The van der Waals surface area contributed by atoms with Crippen LogP contribution in [0.1, 0.15) is 84.8 Å². The topological polar surface area (TPSA) is 89.4 Å². The zero-order chi connectivity index (χ0) is 22.2. The summed E-state index contributed by atoms with van der Waals surface area (Å²) < 4.78 is 33.6. The summed E-state index contributed by atoms with van der Waals surface area (Å²) in [6, 6.07) is 1.42. The first-order chi connectivity index (χ1) is 15.5. The van der Waals surface area contributed by atoms with Crippen LogP contribution in [0.3, 0.4) is 0 Å². The van der Waals surface area contributed by atoms with Gasteiger partial charge in [0.2, 0.25) is 5.89 Å². The van der Waals surface area contributed by atoms with Crippen molar-refractivity contribution < 1.29 is 18.1 Å². The van der Waals surface area contributed by atoms with Crippen molar-refractivity contribution >= 4 is 11.6 Å². The van der Waals surface area contributed by atoms with Crippen LogP contribution in [0.2, 0.25) is 0 Å². The Morgan fingerprint density at radius 1 is 1.22 bits per heavy atom. The standard InChI is InChI=1S/C22H26F2N6O2/c1-2-3-18-27-19(32-28-18)10-13-6-8-29(9-7-13)22(31)15-12-25-30-17(20(23)24)11-16(14-4-5-14)26-21(15)30/h11-14,20H,2-10H2,1H3. The van der Waals surface area contributed by atoms with Crippen molar-refractivity contribution in [1.82, 2.24) is 29.6 Å². The summed E-state index contributed by atoms with van der Waals surface area (Å²) in [6.07, 6.45) is 4.69. The highest BCUT2D eigenvalue weighted by Crippen LogP contribution is 2.40. The third kappa shape index (κ3) is 4.10. The average Bonchev–Trinajstić information content (AvgIpc) is 3.41. The van der Waals surface area contributed by atoms with Crippen LogP contribution in [-0.2, 0) is 12.8 Å². The smallest absolute Gasteiger partial charge is 0.280 e. The van der Waals surface area contributed by atoms with Gasteiger partial charge in [0.25, 0.3) is 12.3 Å². The van der Waals surface area contributed by atoms with E-state index in [1.54, 1.807) is 4.90 Å². The zero-order valence-corrected chi connectivity index (χ0v) is 18.0. The molecule has 170 valence electrons. The molecule has 3 aromatic rings. The monoisotopic (exact) mass is 444 g/mol. The quantitative estimate of drug-likeness (QED) is 0.548. The minimum absolute atomic E-state index is 0.202. The number of hydrogen-bond donors (Lipinski definition) is 0. The fourth-order valence-corrected chi connectivity index (χ4v) is 4.36. The van der Waals surface area contributed by atoms with E-state index in [9.17, 15) is 13.6 Å². The number of aromatic nitrogens is 5. The lowest BCUT2D eigenvalue weighted by Crippen LogP contribution is -2.39. The fraction of sp³-hybridized carbons (Fsp3) is 0.591. The minimum Gasteiger partial charge on any atom is -0.339 e. The molecular weight excluding hydrogens is 418 g/mol.